The van der Waals surface area contributed by atoms with E-state index in [1.807, 2.05) is 92.0 Å². The molecule has 0 unspecified atom stereocenters. The summed E-state index contributed by atoms with van der Waals surface area (Å²) in [4.78, 5) is 36.2. The average molecular weight is 1180 g/mol. The van der Waals surface area contributed by atoms with Crippen LogP contribution in [0.5, 0.6) is 11.5 Å². The molecule has 2 aliphatic rings. The molecule has 0 radical (unpaired) electrons. The highest BCUT2D eigenvalue weighted by atomic mass is 32.2. The Labute approximate surface area is 490 Å². The van der Waals surface area contributed by atoms with E-state index < -0.39 is 26.0 Å². The van der Waals surface area contributed by atoms with Gasteiger partial charge in [-0.05, 0) is 127 Å². The van der Waals surface area contributed by atoms with Gasteiger partial charge < -0.3 is 30.0 Å². The van der Waals surface area contributed by atoms with Gasteiger partial charge in [0.2, 0.25) is 20.0 Å². The fourth-order valence-electron chi connectivity index (χ4n) is 9.61. The minimum atomic E-state index is -3.60. The summed E-state index contributed by atoms with van der Waals surface area (Å²) in [5, 5.41) is 26.6. The Morgan fingerprint density at radius 3 is 1.55 bits per heavy atom. The average Bonchev–Trinajstić information content (AvgIpc) is 2.02. The van der Waals surface area contributed by atoms with Crippen LogP contribution in [0.1, 0.15) is 123 Å². The molecule has 1 saturated carbocycles. The molecule has 1 aliphatic heterocycles. The Hall–Kier alpha value is -8.64. The van der Waals surface area contributed by atoms with Crippen LogP contribution in [0.3, 0.4) is 0 Å². The topological polar surface area (TPSA) is 273 Å². The van der Waals surface area contributed by atoms with E-state index in [1.54, 1.807) is 70.3 Å². The highest BCUT2D eigenvalue weighted by molar-refractivity contribution is 7.92. The molecule has 0 atom stereocenters. The molecule has 10 rings (SSSR count). The normalized spacial score (nSPS) is 14.0. The van der Waals surface area contributed by atoms with Gasteiger partial charge in [0.15, 0.2) is 11.5 Å². The summed E-state index contributed by atoms with van der Waals surface area (Å²) in [7, 11) is -4.34. The van der Waals surface area contributed by atoms with Crippen LogP contribution in [0.15, 0.2) is 97.6 Å². The van der Waals surface area contributed by atoms with E-state index >= 15 is 0 Å². The fourth-order valence-corrected chi connectivity index (χ4v) is 10.7. The van der Waals surface area contributed by atoms with Gasteiger partial charge in [0.25, 0.3) is 11.8 Å². The summed E-state index contributed by atoms with van der Waals surface area (Å²) < 4.78 is 69.9. The zero-order valence-electron chi connectivity index (χ0n) is 49.8. The molecule has 442 valence electrons. The van der Waals surface area contributed by atoms with Gasteiger partial charge in [0.05, 0.1) is 85.1 Å². The third-order valence-electron chi connectivity index (χ3n) is 14.5. The lowest BCUT2D eigenvalue weighted by Gasteiger charge is -2.24. The first-order valence-corrected chi connectivity index (χ1v) is 31.1. The number of nitrogens with zero attached hydrogens (tertiary/aromatic N) is 9. The maximum absolute atomic E-state index is 13.6. The molecule has 8 aromatic rings. The van der Waals surface area contributed by atoms with E-state index in [0.717, 1.165) is 70.6 Å². The summed E-state index contributed by atoms with van der Waals surface area (Å²) in [6, 6.07) is 22.1. The van der Waals surface area contributed by atoms with Crippen molar-refractivity contribution in [3.05, 3.63) is 137 Å². The first kappa shape index (κ1) is 60.0. The molecule has 5 heterocycles. The maximum Gasteiger partial charge on any atom is 0.255 e. The van der Waals surface area contributed by atoms with Crippen molar-refractivity contribution in [2.75, 3.05) is 52.1 Å². The van der Waals surface area contributed by atoms with Crippen LogP contribution < -0.4 is 34.9 Å². The van der Waals surface area contributed by atoms with Crippen LogP contribution in [0, 0.1) is 13.8 Å². The van der Waals surface area contributed by atoms with Crippen molar-refractivity contribution in [1.29, 1.82) is 0 Å². The van der Waals surface area contributed by atoms with Gasteiger partial charge in [-0.15, -0.1) is 10.2 Å². The monoisotopic (exact) mass is 1180 g/mol. The number of anilines is 5. The number of fused-ring (bicyclic) bond motifs is 1. The van der Waals surface area contributed by atoms with Crippen LogP contribution in [-0.2, 0) is 42.8 Å². The first-order valence-electron chi connectivity index (χ1n) is 27.3. The van der Waals surface area contributed by atoms with Gasteiger partial charge in [-0.25, -0.2) is 36.2 Å². The number of carbonyl (C=O) groups excluding carboxylic acids is 2. The fraction of sp³-hybridized carbons (Fsp3) is 0.367. The van der Waals surface area contributed by atoms with Gasteiger partial charge >= 0.3 is 0 Å². The van der Waals surface area contributed by atoms with Gasteiger partial charge in [0, 0.05) is 40.9 Å². The number of rotatable bonds is 16. The minimum absolute atomic E-state index is 0.0171. The molecule has 22 nitrogen and oxygen atoms in total. The number of aryl methyl sites for hydroxylation is 2. The van der Waals surface area contributed by atoms with E-state index in [-0.39, 0.29) is 45.0 Å². The van der Waals surface area contributed by atoms with Crippen molar-refractivity contribution in [3.63, 3.8) is 0 Å². The Morgan fingerprint density at radius 2 is 1.11 bits per heavy atom. The van der Waals surface area contributed by atoms with E-state index in [9.17, 15) is 26.4 Å². The van der Waals surface area contributed by atoms with Crippen molar-refractivity contribution in [2.45, 2.75) is 117 Å². The summed E-state index contributed by atoms with van der Waals surface area (Å²) in [5.74, 6) is 1.53. The molecule has 0 spiro atoms. The Bertz CT molecular complexity index is 4060. The number of hydrogen-bond acceptors (Lipinski definition) is 15. The molecule has 0 bridgehead atoms. The van der Waals surface area contributed by atoms with Crippen LogP contribution in [0.2, 0.25) is 0 Å². The van der Waals surface area contributed by atoms with Gasteiger partial charge in [0.1, 0.15) is 23.0 Å². The van der Waals surface area contributed by atoms with E-state index in [1.165, 1.54) is 27.1 Å². The van der Waals surface area contributed by atoms with Crippen LogP contribution in [0.4, 0.5) is 28.6 Å². The highest BCUT2D eigenvalue weighted by Gasteiger charge is 2.34. The number of ether oxygens (including phenoxy) is 2. The molecule has 2 amide bonds. The lowest BCUT2D eigenvalue weighted by Crippen LogP contribution is -2.18. The molecule has 84 heavy (non-hydrogen) atoms. The molecular weight excluding hydrogens is 1110 g/mol. The Kier molecular flexibility index (Phi) is 16.3. The summed E-state index contributed by atoms with van der Waals surface area (Å²) in [6.07, 6.45) is 12.7. The molecule has 5 N–H and O–H groups in total. The molecule has 4 aromatic carbocycles. The van der Waals surface area contributed by atoms with Crippen molar-refractivity contribution in [2.24, 2.45) is 0 Å². The number of imidazole rings is 1. The maximum atomic E-state index is 13.6. The minimum Gasteiger partial charge on any atom is -0.492 e. The van der Waals surface area contributed by atoms with Crippen LogP contribution in [0.25, 0.3) is 34.0 Å². The number of sulfonamides is 2. The number of hydrogen-bond donors (Lipinski definition) is 5. The van der Waals surface area contributed by atoms with E-state index in [2.05, 4.69) is 74.4 Å². The summed E-state index contributed by atoms with van der Waals surface area (Å²) in [6.45, 7) is 21.1. The summed E-state index contributed by atoms with van der Waals surface area (Å²) in [5.41, 5.74) is 9.27. The molecule has 0 saturated heterocycles. The van der Waals surface area contributed by atoms with E-state index in [4.69, 9.17) is 9.47 Å². The number of benzene rings is 4. The second-order valence-corrected chi connectivity index (χ2v) is 27.6. The number of carbonyl (C=O) groups is 2. The summed E-state index contributed by atoms with van der Waals surface area (Å²) >= 11 is 0. The smallest absolute Gasteiger partial charge is 0.255 e. The van der Waals surface area contributed by atoms with Gasteiger partial charge in [-0.1, -0.05) is 77.9 Å². The number of methoxy groups -OCH3 is 2. The largest absolute Gasteiger partial charge is 0.492 e. The number of aromatic nitrogens is 9. The molecule has 1 aliphatic carbocycles. The zero-order valence-corrected chi connectivity index (χ0v) is 51.4. The van der Waals surface area contributed by atoms with Crippen LogP contribution in [-0.4, -0.2) is 106 Å². The lowest BCUT2D eigenvalue weighted by molar-refractivity contribution is 0.101. The third-order valence-corrected chi connectivity index (χ3v) is 15.7. The predicted octanol–water partition coefficient (Wildman–Crippen LogP) is 10.2. The quantitative estimate of drug-likeness (QED) is 0.0602. The Balaban J connectivity index is 0.000000202. The predicted molar refractivity (Wildman–Crippen MR) is 327 cm³/mol. The highest BCUT2D eigenvalue weighted by Crippen LogP contribution is 2.42. The van der Waals surface area contributed by atoms with Crippen molar-refractivity contribution in [1.82, 2.24) is 44.5 Å². The first-order chi connectivity index (χ1) is 39.4. The number of amides is 2. The second kappa shape index (κ2) is 22.8. The standard InChI is InChI=1S/C30H37N7O4S.C30H35N7O4S/c1-18-9-10-19(13-24(18)37-17-23(33-35-37)25-16-31-28-30(5,6)11-12-36(25)28)27(38)32-21-14-20(29(2,3)4)15-22(26(21)41-7)34-42(8,39)40;1-18-7-8-19(13-26(18)37-17-25(34-36-37)20-9-12-27(31-16-20)32-22-10-11-22)29(38)33-23-14-21(30(2,3)4)15-24(28(23)41-5)35-42(6,39)40/h9-10,13-17,34H,11-12H2,1-8H3,(H,32,38);7-9,12-17,22,35H,10-11H2,1-6H3,(H,31,32)(H,33,38). The van der Waals surface area contributed by atoms with Gasteiger partial charge in [-0.2, -0.15) is 0 Å². The molecule has 24 heteroatoms. The van der Waals surface area contributed by atoms with Crippen molar-refractivity contribution >= 4 is 60.4 Å². The van der Waals surface area contributed by atoms with Crippen LogP contribution >= 0.6 is 0 Å². The lowest BCUT2D eigenvalue weighted by atomic mass is 9.86. The SMILES string of the molecule is COc1c(NC(=O)c2ccc(C)c(-n3cc(-c4ccc(NC5CC5)nc4)nn3)c2)cc(C(C)(C)C)cc1NS(C)(=O)=O.COc1c(NC(=O)c2ccc(C)c(-n3cc(-c4cnc5n4CCC5(C)C)nn3)c2)cc(C(C)(C)C)cc1NS(C)(=O)=O. The second-order valence-electron chi connectivity index (χ2n) is 24.1. The molecular formula is C60H72N14O8S2. The zero-order chi connectivity index (χ0) is 60.8. The Morgan fingerprint density at radius 1 is 0.631 bits per heavy atom. The van der Waals surface area contributed by atoms with E-state index in [0.29, 0.717) is 51.3 Å². The third kappa shape index (κ3) is 13.7. The number of nitrogens with one attached hydrogen (secondary N) is 5. The van der Waals surface area contributed by atoms with Crippen molar-refractivity contribution in [3.8, 4) is 45.5 Å². The molecule has 1 fully saturated rings. The van der Waals surface area contributed by atoms with Gasteiger partial charge in [-0.3, -0.25) is 19.0 Å². The van der Waals surface area contributed by atoms with Crippen molar-refractivity contribution < 1.29 is 35.9 Å². The number of pyridine rings is 1. The molecule has 4 aromatic heterocycles.